The van der Waals surface area contributed by atoms with Gasteiger partial charge in [-0.05, 0) is 74.3 Å². The number of imidazole rings is 1. The van der Waals surface area contributed by atoms with E-state index in [-0.39, 0.29) is 5.91 Å². The molecule has 1 aliphatic rings. The Morgan fingerprint density at radius 1 is 1.06 bits per heavy atom. The molecular formula is C24H27N5OS. The Balaban J connectivity index is 1.35. The first-order valence-corrected chi connectivity index (χ1v) is 11.0. The molecule has 31 heavy (non-hydrogen) atoms. The lowest BCUT2D eigenvalue weighted by molar-refractivity contribution is 0.0724. The van der Waals surface area contributed by atoms with E-state index >= 15 is 0 Å². The quantitative estimate of drug-likeness (QED) is 0.588. The summed E-state index contributed by atoms with van der Waals surface area (Å²) in [5, 5.41) is 7.00. The van der Waals surface area contributed by atoms with Crippen LogP contribution in [0, 0.1) is 6.92 Å². The van der Waals surface area contributed by atoms with Crippen LogP contribution in [0.25, 0.3) is 5.69 Å². The number of carbonyl (C=O) groups excluding carboxylic acids is 1. The summed E-state index contributed by atoms with van der Waals surface area (Å²) >= 11 is 5.47. The van der Waals surface area contributed by atoms with Crippen molar-refractivity contribution in [1.82, 2.24) is 19.8 Å². The van der Waals surface area contributed by atoms with Crippen molar-refractivity contribution in [2.24, 2.45) is 0 Å². The van der Waals surface area contributed by atoms with Crippen LogP contribution in [0.5, 0.6) is 0 Å². The number of nitrogens with zero attached hydrogens (tertiary/aromatic N) is 3. The second-order valence-electron chi connectivity index (χ2n) is 7.71. The number of carbonyl (C=O) groups is 1. The Kier molecular flexibility index (Phi) is 6.62. The van der Waals surface area contributed by atoms with Crippen LogP contribution in [-0.4, -0.2) is 38.6 Å². The zero-order valence-corrected chi connectivity index (χ0v) is 18.5. The van der Waals surface area contributed by atoms with Crippen LogP contribution in [0.15, 0.2) is 60.9 Å². The van der Waals surface area contributed by atoms with Crippen molar-refractivity contribution in [2.75, 3.05) is 18.4 Å². The highest BCUT2D eigenvalue weighted by atomic mass is 32.1. The lowest BCUT2D eigenvalue weighted by Gasteiger charge is -2.26. The van der Waals surface area contributed by atoms with Crippen LogP contribution in [0.1, 0.15) is 41.0 Å². The van der Waals surface area contributed by atoms with Gasteiger partial charge in [0.15, 0.2) is 5.11 Å². The van der Waals surface area contributed by atoms with Gasteiger partial charge >= 0.3 is 0 Å². The van der Waals surface area contributed by atoms with Gasteiger partial charge in [0.1, 0.15) is 5.82 Å². The smallest absolute Gasteiger partial charge is 0.253 e. The number of hydrogen-bond donors (Lipinski definition) is 2. The molecule has 0 radical (unpaired) electrons. The molecule has 1 fully saturated rings. The van der Waals surface area contributed by atoms with Crippen molar-refractivity contribution in [3.05, 3.63) is 77.9 Å². The summed E-state index contributed by atoms with van der Waals surface area (Å²) in [5.41, 5.74) is 3.77. The minimum Gasteiger partial charge on any atom is -0.358 e. The lowest BCUT2D eigenvalue weighted by atomic mass is 10.1. The molecule has 4 rings (SSSR count). The fraction of sp³-hybridized carbons (Fsp3) is 0.292. The second-order valence-corrected chi connectivity index (χ2v) is 8.12. The fourth-order valence-corrected chi connectivity index (χ4v) is 4.04. The number of para-hydroxylation sites is 1. The van der Waals surface area contributed by atoms with E-state index in [1.54, 1.807) is 6.20 Å². The van der Waals surface area contributed by atoms with Gasteiger partial charge in [-0.15, -0.1) is 0 Å². The van der Waals surface area contributed by atoms with Gasteiger partial charge < -0.3 is 20.1 Å². The zero-order chi connectivity index (χ0) is 21.6. The molecule has 0 unspecified atom stereocenters. The first kappa shape index (κ1) is 21.1. The number of benzene rings is 2. The Bertz CT molecular complexity index is 1050. The largest absolute Gasteiger partial charge is 0.358 e. The molecule has 1 amide bonds. The number of anilines is 1. The van der Waals surface area contributed by atoms with Crippen LogP contribution >= 0.6 is 12.2 Å². The molecule has 1 saturated heterocycles. The Morgan fingerprint density at radius 2 is 1.81 bits per heavy atom. The average Bonchev–Trinajstić information content (AvgIpc) is 3.24. The highest BCUT2D eigenvalue weighted by Gasteiger charge is 2.17. The van der Waals surface area contributed by atoms with E-state index in [4.69, 9.17) is 12.2 Å². The number of nitrogens with one attached hydrogen (secondary N) is 2. The summed E-state index contributed by atoms with van der Waals surface area (Å²) in [6, 6.07) is 15.7. The molecule has 7 heteroatoms. The molecule has 2 heterocycles. The van der Waals surface area contributed by atoms with Crippen molar-refractivity contribution >= 4 is 28.9 Å². The molecule has 1 aromatic heterocycles. The minimum absolute atomic E-state index is 0.110. The van der Waals surface area contributed by atoms with E-state index in [9.17, 15) is 4.79 Å². The summed E-state index contributed by atoms with van der Waals surface area (Å²) in [6.07, 6.45) is 7.15. The maximum absolute atomic E-state index is 12.6. The lowest BCUT2D eigenvalue weighted by Crippen LogP contribution is -2.35. The van der Waals surface area contributed by atoms with Crippen LogP contribution in [0.3, 0.4) is 0 Å². The molecule has 2 aromatic carbocycles. The van der Waals surface area contributed by atoms with Crippen molar-refractivity contribution in [3.8, 4) is 5.69 Å². The normalized spacial score (nSPS) is 13.6. The topological polar surface area (TPSA) is 62.2 Å². The van der Waals surface area contributed by atoms with Crippen molar-refractivity contribution in [3.63, 3.8) is 0 Å². The maximum atomic E-state index is 12.6. The Labute approximate surface area is 188 Å². The van der Waals surface area contributed by atoms with Gasteiger partial charge in [-0.2, -0.15) is 0 Å². The Hall–Kier alpha value is -3.19. The third-order valence-corrected chi connectivity index (χ3v) is 5.80. The molecule has 2 N–H and O–H groups in total. The molecule has 0 spiro atoms. The van der Waals surface area contributed by atoms with Gasteiger partial charge in [0.2, 0.25) is 0 Å². The number of piperidine rings is 1. The first-order chi connectivity index (χ1) is 15.1. The highest BCUT2D eigenvalue weighted by Crippen LogP contribution is 2.17. The third kappa shape index (κ3) is 5.11. The van der Waals surface area contributed by atoms with Gasteiger partial charge in [0.25, 0.3) is 5.91 Å². The minimum atomic E-state index is 0.110. The van der Waals surface area contributed by atoms with Crippen LogP contribution in [0.2, 0.25) is 0 Å². The van der Waals surface area contributed by atoms with Crippen LogP contribution in [-0.2, 0) is 6.54 Å². The SMILES string of the molecule is Cc1nccn1-c1ccccc1CNC(=S)Nc1ccc(C(=O)N2CCCCC2)cc1. The number of amides is 1. The summed E-state index contributed by atoms with van der Waals surface area (Å²) in [6.45, 7) is 4.28. The standard InChI is InChI=1S/C24H27N5OS/c1-18-25-13-16-29(18)22-8-4-3-7-20(22)17-26-24(31)27-21-11-9-19(10-12-21)23(30)28-14-5-2-6-15-28/h3-4,7-13,16H,2,5-6,14-15,17H2,1H3,(H2,26,27,31). The molecule has 0 aliphatic carbocycles. The van der Waals surface area contributed by atoms with E-state index in [2.05, 4.69) is 32.3 Å². The van der Waals surface area contributed by atoms with E-state index in [1.807, 2.05) is 54.4 Å². The number of aryl methyl sites for hydroxylation is 1. The monoisotopic (exact) mass is 433 g/mol. The van der Waals surface area contributed by atoms with Gasteiger partial charge in [-0.3, -0.25) is 4.79 Å². The van der Waals surface area contributed by atoms with Gasteiger partial charge in [0, 0.05) is 43.3 Å². The van der Waals surface area contributed by atoms with E-state index in [1.165, 1.54) is 6.42 Å². The van der Waals surface area contributed by atoms with Gasteiger partial charge in [-0.25, -0.2) is 4.98 Å². The molecular weight excluding hydrogens is 406 g/mol. The molecule has 160 valence electrons. The fourth-order valence-electron chi connectivity index (χ4n) is 3.85. The first-order valence-electron chi connectivity index (χ1n) is 10.6. The van der Waals surface area contributed by atoms with E-state index in [0.29, 0.717) is 11.7 Å². The van der Waals surface area contributed by atoms with Crippen LogP contribution < -0.4 is 10.6 Å². The molecule has 3 aromatic rings. The summed E-state index contributed by atoms with van der Waals surface area (Å²) in [4.78, 5) is 18.9. The van der Waals surface area contributed by atoms with Gasteiger partial charge in [-0.1, -0.05) is 18.2 Å². The number of likely N-dealkylation sites (tertiary alicyclic amines) is 1. The Morgan fingerprint density at radius 3 is 2.52 bits per heavy atom. The maximum Gasteiger partial charge on any atom is 0.253 e. The predicted octanol–water partition coefficient (Wildman–Crippen LogP) is 4.29. The van der Waals surface area contributed by atoms with Crippen molar-refractivity contribution in [1.29, 1.82) is 0 Å². The van der Waals surface area contributed by atoms with E-state index < -0.39 is 0 Å². The summed E-state index contributed by atoms with van der Waals surface area (Å²) < 4.78 is 2.06. The zero-order valence-electron chi connectivity index (χ0n) is 17.7. The number of aromatic nitrogens is 2. The summed E-state index contributed by atoms with van der Waals surface area (Å²) in [7, 11) is 0. The highest BCUT2D eigenvalue weighted by molar-refractivity contribution is 7.80. The number of thiocarbonyl (C=S) groups is 1. The van der Waals surface area contributed by atoms with Crippen LogP contribution in [0.4, 0.5) is 5.69 Å². The van der Waals surface area contributed by atoms with Gasteiger partial charge in [0.05, 0.1) is 5.69 Å². The molecule has 1 aliphatic heterocycles. The van der Waals surface area contributed by atoms with Crippen molar-refractivity contribution in [2.45, 2.75) is 32.7 Å². The second kappa shape index (κ2) is 9.75. The molecule has 6 nitrogen and oxygen atoms in total. The number of hydrogen-bond acceptors (Lipinski definition) is 3. The predicted molar refractivity (Wildman–Crippen MR) is 128 cm³/mol. The van der Waals surface area contributed by atoms with E-state index in [0.717, 1.165) is 54.3 Å². The molecule has 0 bridgehead atoms. The number of rotatable bonds is 5. The average molecular weight is 434 g/mol. The van der Waals surface area contributed by atoms with Crippen molar-refractivity contribution < 1.29 is 4.79 Å². The summed E-state index contributed by atoms with van der Waals surface area (Å²) in [5.74, 6) is 1.05. The third-order valence-electron chi connectivity index (χ3n) is 5.55. The molecule has 0 atom stereocenters. The molecule has 0 saturated carbocycles.